The van der Waals surface area contributed by atoms with Crippen LogP contribution in [0.1, 0.15) is 30.9 Å². The number of hydrazine groups is 1. The molecule has 0 fully saturated rings. The molecule has 3 N–H and O–H groups in total. The maximum absolute atomic E-state index is 11.2. The smallest absolute Gasteiger partial charge is 0.322 e. The fourth-order valence-electron chi connectivity index (χ4n) is 1.46. The summed E-state index contributed by atoms with van der Waals surface area (Å²) in [6, 6.07) is 7.97. The third kappa shape index (κ3) is 3.24. The second kappa shape index (κ2) is 5.51. The Kier molecular flexibility index (Phi) is 4.31. The minimum Gasteiger partial charge on any atom is -0.322 e. The molecular weight excluding hydrogens is 202 g/mol. The van der Waals surface area contributed by atoms with Crippen LogP contribution in [0, 0.1) is 0 Å². The molecular formula is C12H19N3O. The van der Waals surface area contributed by atoms with E-state index in [0.29, 0.717) is 12.5 Å². The van der Waals surface area contributed by atoms with Crippen molar-refractivity contribution in [3.05, 3.63) is 35.4 Å². The van der Waals surface area contributed by atoms with E-state index in [1.54, 1.807) is 7.05 Å². The molecule has 2 amide bonds. The van der Waals surface area contributed by atoms with Crippen molar-refractivity contribution < 1.29 is 4.79 Å². The summed E-state index contributed by atoms with van der Waals surface area (Å²) in [5, 5.41) is 0. The molecule has 0 aliphatic heterocycles. The van der Waals surface area contributed by atoms with Gasteiger partial charge in [0.15, 0.2) is 0 Å². The Morgan fingerprint density at radius 1 is 1.38 bits per heavy atom. The number of hydrogen-bond acceptors (Lipinski definition) is 2. The lowest BCUT2D eigenvalue weighted by Gasteiger charge is -2.16. The lowest BCUT2D eigenvalue weighted by molar-refractivity contribution is 0.207. The summed E-state index contributed by atoms with van der Waals surface area (Å²) in [6.45, 7) is 4.87. The van der Waals surface area contributed by atoms with E-state index >= 15 is 0 Å². The van der Waals surface area contributed by atoms with Crippen molar-refractivity contribution in [3.63, 3.8) is 0 Å². The van der Waals surface area contributed by atoms with Gasteiger partial charge in [-0.3, -0.25) is 5.43 Å². The van der Waals surface area contributed by atoms with Crippen molar-refractivity contribution in [2.24, 2.45) is 5.84 Å². The number of nitrogens with two attached hydrogens (primary N) is 1. The van der Waals surface area contributed by atoms with Crippen molar-refractivity contribution in [2.45, 2.75) is 26.3 Å². The summed E-state index contributed by atoms with van der Waals surface area (Å²) < 4.78 is 0. The molecule has 88 valence electrons. The van der Waals surface area contributed by atoms with Gasteiger partial charge in [-0.2, -0.15) is 0 Å². The fraction of sp³-hybridized carbons (Fsp3) is 0.417. The van der Waals surface area contributed by atoms with Crippen molar-refractivity contribution in [1.29, 1.82) is 0 Å². The summed E-state index contributed by atoms with van der Waals surface area (Å²) in [4.78, 5) is 12.7. The first kappa shape index (κ1) is 12.5. The summed E-state index contributed by atoms with van der Waals surface area (Å²) in [7, 11) is 1.71. The van der Waals surface area contributed by atoms with E-state index < -0.39 is 0 Å². The van der Waals surface area contributed by atoms with E-state index in [1.807, 2.05) is 12.1 Å². The van der Waals surface area contributed by atoms with E-state index in [0.717, 1.165) is 5.56 Å². The average Bonchev–Trinajstić information content (AvgIpc) is 2.28. The Morgan fingerprint density at radius 2 is 1.94 bits per heavy atom. The largest absolute Gasteiger partial charge is 0.331 e. The standard InChI is InChI=1S/C12H19N3O/c1-9(2)11-6-4-10(5-7-11)8-15(3)12(16)14-13/h4-7,9H,8,13H2,1-3H3,(H,14,16). The Bertz CT molecular complexity index is 346. The molecule has 0 spiro atoms. The van der Waals surface area contributed by atoms with Crippen LogP contribution in [0.3, 0.4) is 0 Å². The number of amides is 2. The van der Waals surface area contributed by atoms with Gasteiger partial charge in [-0.05, 0) is 17.0 Å². The normalized spacial score (nSPS) is 10.3. The van der Waals surface area contributed by atoms with Gasteiger partial charge in [-0.1, -0.05) is 38.1 Å². The predicted octanol–water partition coefficient (Wildman–Crippen LogP) is 1.83. The molecule has 1 aromatic rings. The van der Waals surface area contributed by atoms with Gasteiger partial charge in [-0.15, -0.1) is 0 Å². The molecule has 0 aliphatic rings. The Hall–Kier alpha value is -1.55. The second-order valence-electron chi connectivity index (χ2n) is 4.20. The van der Waals surface area contributed by atoms with Crippen molar-refractivity contribution in [1.82, 2.24) is 10.3 Å². The first-order chi connectivity index (χ1) is 7.54. The molecule has 1 aromatic carbocycles. The molecule has 0 unspecified atom stereocenters. The van der Waals surface area contributed by atoms with Crippen molar-refractivity contribution >= 4 is 6.03 Å². The highest BCUT2D eigenvalue weighted by Gasteiger charge is 2.06. The predicted molar refractivity (Wildman–Crippen MR) is 64.7 cm³/mol. The third-order valence-corrected chi connectivity index (χ3v) is 2.54. The van der Waals surface area contributed by atoms with E-state index in [1.165, 1.54) is 10.5 Å². The molecule has 1 rings (SSSR count). The van der Waals surface area contributed by atoms with Gasteiger partial charge in [0, 0.05) is 13.6 Å². The number of benzene rings is 1. The zero-order chi connectivity index (χ0) is 12.1. The highest BCUT2D eigenvalue weighted by molar-refractivity contribution is 5.73. The average molecular weight is 221 g/mol. The fourth-order valence-corrected chi connectivity index (χ4v) is 1.46. The van der Waals surface area contributed by atoms with Crippen molar-refractivity contribution in [2.75, 3.05) is 7.05 Å². The molecule has 0 bridgehead atoms. The summed E-state index contributed by atoms with van der Waals surface area (Å²) >= 11 is 0. The van der Waals surface area contributed by atoms with Gasteiger partial charge in [0.1, 0.15) is 0 Å². The molecule has 16 heavy (non-hydrogen) atoms. The van der Waals surface area contributed by atoms with E-state index in [9.17, 15) is 4.79 Å². The number of nitrogens with one attached hydrogen (secondary N) is 1. The lowest BCUT2D eigenvalue weighted by atomic mass is 10.0. The van der Waals surface area contributed by atoms with Crippen LogP contribution in [0.2, 0.25) is 0 Å². The molecule has 4 heteroatoms. The number of urea groups is 1. The molecule has 4 nitrogen and oxygen atoms in total. The molecule has 0 aromatic heterocycles. The van der Waals surface area contributed by atoms with Gasteiger partial charge in [0.25, 0.3) is 0 Å². The Balaban J connectivity index is 2.65. The molecule has 0 radical (unpaired) electrons. The highest BCUT2D eigenvalue weighted by Crippen LogP contribution is 2.15. The van der Waals surface area contributed by atoms with E-state index in [-0.39, 0.29) is 6.03 Å². The highest BCUT2D eigenvalue weighted by atomic mass is 16.2. The molecule has 0 aliphatic carbocycles. The number of nitrogens with zero attached hydrogens (tertiary/aromatic N) is 1. The molecule has 0 atom stereocenters. The van der Waals surface area contributed by atoms with Crippen LogP contribution in [0.5, 0.6) is 0 Å². The maximum Gasteiger partial charge on any atom is 0.331 e. The minimum atomic E-state index is -0.284. The van der Waals surface area contributed by atoms with Gasteiger partial charge < -0.3 is 4.90 Å². The monoisotopic (exact) mass is 221 g/mol. The quantitative estimate of drug-likeness (QED) is 0.465. The van der Waals surface area contributed by atoms with Crippen LogP contribution in [0.4, 0.5) is 4.79 Å². The number of carbonyl (C=O) groups is 1. The first-order valence-corrected chi connectivity index (χ1v) is 5.35. The molecule has 0 saturated heterocycles. The van der Waals surface area contributed by atoms with Gasteiger partial charge in [-0.25, -0.2) is 10.6 Å². The Labute approximate surface area is 96.4 Å². The second-order valence-corrected chi connectivity index (χ2v) is 4.20. The van der Waals surface area contributed by atoms with Crippen LogP contribution in [0.25, 0.3) is 0 Å². The van der Waals surface area contributed by atoms with Gasteiger partial charge in [0.2, 0.25) is 0 Å². The zero-order valence-corrected chi connectivity index (χ0v) is 10.0. The zero-order valence-electron chi connectivity index (χ0n) is 10.0. The van der Waals surface area contributed by atoms with Crippen LogP contribution in [-0.4, -0.2) is 18.0 Å². The third-order valence-electron chi connectivity index (χ3n) is 2.54. The summed E-state index contributed by atoms with van der Waals surface area (Å²) in [5.41, 5.74) is 4.50. The van der Waals surface area contributed by atoms with Gasteiger partial charge >= 0.3 is 6.03 Å². The first-order valence-electron chi connectivity index (χ1n) is 5.35. The van der Waals surface area contributed by atoms with Gasteiger partial charge in [0.05, 0.1) is 0 Å². The van der Waals surface area contributed by atoms with Crippen LogP contribution < -0.4 is 11.3 Å². The topological polar surface area (TPSA) is 58.4 Å². The van der Waals surface area contributed by atoms with Crippen molar-refractivity contribution in [3.8, 4) is 0 Å². The van der Waals surface area contributed by atoms with Crippen LogP contribution in [-0.2, 0) is 6.54 Å². The molecule has 0 heterocycles. The van der Waals surface area contributed by atoms with Crippen LogP contribution in [0.15, 0.2) is 24.3 Å². The number of carbonyl (C=O) groups excluding carboxylic acids is 1. The summed E-state index contributed by atoms with van der Waals surface area (Å²) in [6.07, 6.45) is 0. The number of rotatable bonds is 3. The molecule has 0 saturated carbocycles. The van der Waals surface area contributed by atoms with Crippen LogP contribution >= 0.6 is 0 Å². The lowest BCUT2D eigenvalue weighted by Crippen LogP contribution is -2.40. The summed E-state index contributed by atoms with van der Waals surface area (Å²) in [5.74, 6) is 5.58. The maximum atomic E-state index is 11.2. The van der Waals surface area contributed by atoms with E-state index in [4.69, 9.17) is 5.84 Å². The Morgan fingerprint density at radius 3 is 2.38 bits per heavy atom. The van der Waals surface area contributed by atoms with E-state index in [2.05, 4.69) is 31.4 Å². The number of hydrogen-bond donors (Lipinski definition) is 2. The minimum absolute atomic E-state index is 0.284. The SMILES string of the molecule is CC(C)c1ccc(CN(C)C(=O)NN)cc1.